The number of aromatic nitrogens is 3. The van der Waals surface area contributed by atoms with E-state index in [2.05, 4.69) is 25.6 Å². The van der Waals surface area contributed by atoms with Crippen molar-refractivity contribution in [3.63, 3.8) is 0 Å². The number of halogens is 1. The molecular formula is C27H28ClN5O2. The molecule has 2 heterocycles. The first-order valence-electron chi connectivity index (χ1n) is 11.7. The Morgan fingerprint density at radius 1 is 1.00 bits per heavy atom. The molecule has 0 fully saturated rings. The fourth-order valence-corrected chi connectivity index (χ4v) is 4.02. The number of rotatable bonds is 10. The second kappa shape index (κ2) is 11.6. The molecule has 0 aliphatic heterocycles. The summed E-state index contributed by atoms with van der Waals surface area (Å²) in [4.78, 5) is 26.1. The number of carbonyl (C=O) groups excluding carboxylic acids is 1. The molecule has 8 heteroatoms. The molecule has 0 radical (unpaired) electrons. The Morgan fingerprint density at radius 3 is 2.54 bits per heavy atom. The number of carbonyl (C=O) groups is 1. The number of aryl methyl sites for hydroxylation is 1. The minimum Gasteiger partial charge on any atom is -0.462 e. The van der Waals surface area contributed by atoms with Gasteiger partial charge >= 0.3 is 5.97 Å². The van der Waals surface area contributed by atoms with Crippen molar-refractivity contribution in [2.24, 2.45) is 0 Å². The molecule has 0 spiro atoms. The third-order valence-electron chi connectivity index (χ3n) is 5.52. The van der Waals surface area contributed by atoms with E-state index >= 15 is 0 Å². The number of esters is 1. The molecule has 0 atom stereocenters. The maximum Gasteiger partial charge on any atom is 0.342 e. The number of hydrogen-bond donors (Lipinski definition) is 2. The molecule has 0 aliphatic rings. The van der Waals surface area contributed by atoms with E-state index in [0.717, 1.165) is 41.5 Å². The van der Waals surface area contributed by atoms with Gasteiger partial charge in [0.25, 0.3) is 0 Å². The summed E-state index contributed by atoms with van der Waals surface area (Å²) >= 11 is 6.08. The summed E-state index contributed by atoms with van der Waals surface area (Å²) in [5, 5.41) is 8.51. The van der Waals surface area contributed by atoms with E-state index in [1.165, 1.54) is 0 Å². The molecule has 0 saturated carbocycles. The molecule has 0 unspecified atom stereocenters. The van der Waals surface area contributed by atoms with Gasteiger partial charge in [-0.3, -0.25) is 4.98 Å². The van der Waals surface area contributed by atoms with Crippen LogP contribution in [0.1, 0.15) is 35.8 Å². The van der Waals surface area contributed by atoms with E-state index in [1.54, 1.807) is 13.1 Å². The number of unbranched alkanes of at least 4 members (excludes halogenated alkanes) is 1. The second-order valence-electron chi connectivity index (χ2n) is 8.02. The quantitative estimate of drug-likeness (QED) is 0.204. The summed E-state index contributed by atoms with van der Waals surface area (Å²) in [5.74, 6) is 0.0896. The van der Waals surface area contributed by atoms with Gasteiger partial charge in [-0.05, 0) is 51.0 Å². The van der Waals surface area contributed by atoms with Crippen LogP contribution in [-0.4, -0.2) is 40.6 Å². The van der Waals surface area contributed by atoms with Crippen LogP contribution in [0.4, 0.5) is 11.6 Å². The van der Waals surface area contributed by atoms with Crippen molar-refractivity contribution in [3.8, 4) is 11.3 Å². The van der Waals surface area contributed by atoms with E-state index in [0.29, 0.717) is 41.1 Å². The molecule has 0 aliphatic carbocycles. The number of hydrogen-bond acceptors (Lipinski definition) is 7. The van der Waals surface area contributed by atoms with E-state index in [-0.39, 0.29) is 0 Å². The average Bonchev–Trinajstić information content (AvgIpc) is 2.86. The van der Waals surface area contributed by atoms with Crippen molar-refractivity contribution in [1.82, 2.24) is 15.0 Å². The fourth-order valence-electron chi connectivity index (χ4n) is 3.85. The Balaban J connectivity index is 1.37. The topological polar surface area (TPSA) is 89.0 Å². The number of fused-ring (bicyclic) bond motifs is 1. The number of benzene rings is 2. The van der Waals surface area contributed by atoms with Gasteiger partial charge < -0.3 is 15.4 Å². The SMILES string of the molecule is CCOC(=O)c1c(C)nc(NCCCCNc2ccnc3cc(Cl)ccc23)nc1-c1ccccc1. The van der Waals surface area contributed by atoms with Gasteiger partial charge in [0.2, 0.25) is 5.95 Å². The van der Waals surface area contributed by atoms with Crippen molar-refractivity contribution < 1.29 is 9.53 Å². The lowest BCUT2D eigenvalue weighted by Crippen LogP contribution is -2.15. The molecule has 2 aromatic carbocycles. The van der Waals surface area contributed by atoms with Crippen molar-refractivity contribution in [3.05, 3.63) is 77.1 Å². The van der Waals surface area contributed by atoms with Gasteiger partial charge in [-0.15, -0.1) is 0 Å². The summed E-state index contributed by atoms with van der Waals surface area (Å²) in [7, 11) is 0. The first kappa shape index (κ1) is 24.4. The standard InChI is InChI=1S/C27H28ClN5O2/c1-3-35-26(34)24-18(2)32-27(33-25(24)19-9-5-4-6-10-19)31-15-8-7-14-29-22-13-16-30-23-17-20(28)11-12-21(22)23/h4-6,9-13,16-17H,3,7-8,14-15H2,1-2H3,(H,29,30)(H,31,32,33). The number of anilines is 2. The maximum absolute atomic E-state index is 12.6. The molecule has 0 amide bonds. The maximum atomic E-state index is 12.6. The highest BCUT2D eigenvalue weighted by Crippen LogP contribution is 2.26. The van der Waals surface area contributed by atoms with Crippen molar-refractivity contribution >= 4 is 40.1 Å². The number of nitrogens with one attached hydrogen (secondary N) is 2. The van der Waals surface area contributed by atoms with Gasteiger partial charge in [-0.25, -0.2) is 14.8 Å². The summed E-state index contributed by atoms with van der Waals surface area (Å²) in [6.45, 7) is 5.42. The van der Waals surface area contributed by atoms with Crippen LogP contribution >= 0.6 is 11.6 Å². The smallest absolute Gasteiger partial charge is 0.342 e. The van der Waals surface area contributed by atoms with E-state index in [1.807, 2.05) is 61.5 Å². The molecule has 2 aromatic heterocycles. The first-order chi connectivity index (χ1) is 17.1. The Labute approximate surface area is 209 Å². The van der Waals surface area contributed by atoms with Crippen LogP contribution in [0.2, 0.25) is 5.02 Å². The monoisotopic (exact) mass is 489 g/mol. The Morgan fingerprint density at radius 2 is 1.77 bits per heavy atom. The molecular weight excluding hydrogens is 462 g/mol. The minimum atomic E-state index is -0.410. The molecule has 0 bridgehead atoms. The summed E-state index contributed by atoms with van der Waals surface area (Å²) in [6.07, 6.45) is 3.66. The Kier molecular flexibility index (Phi) is 8.11. The van der Waals surface area contributed by atoms with Crippen LogP contribution in [0.25, 0.3) is 22.2 Å². The number of pyridine rings is 1. The Hall–Kier alpha value is -3.71. The molecule has 4 aromatic rings. The summed E-state index contributed by atoms with van der Waals surface area (Å²) < 4.78 is 5.25. The summed E-state index contributed by atoms with van der Waals surface area (Å²) in [6, 6.07) is 17.3. The highest BCUT2D eigenvalue weighted by atomic mass is 35.5. The molecule has 7 nitrogen and oxygen atoms in total. The summed E-state index contributed by atoms with van der Waals surface area (Å²) in [5.41, 5.74) is 4.33. The van der Waals surface area contributed by atoms with E-state index in [9.17, 15) is 4.79 Å². The Bertz CT molecular complexity index is 1310. The van der Waals surface area contributed by atoms with Crippen molar-refractivity contribution in [1.29, 1.82) is 0 Å². The van der Waals surface area contributed by atoms with Crippen LogP contribution in [0.3, 0.4) is 0 Å². The van der Waals surface area contributed by atoms with Crippen molar-refractivity contribution in [2.45, 2.75) is 26.7 Å². The van der Waals surface area contributed by atoms with Gasteiger partial charge in [-0.1, -0.05) is 41.9 Å². The highest BCUT2D eigenvalue weighted by Gasteiger charge is 2.21. The largest absolute Gasteiger partial charge is 0.462 e. The van der Waals surface area contributed by atoms with E-state index in [4.69, 9.17) is 16.3 Å². The molecule has 4 rings (SSSR count). The predicted molar refractivity (Wildman–Crippen MR) is 141 cm³/mol. The van der Waals surface area contributed by atoms with Gasteiger partial charge in [0.15, 0.2) is 0 Å². The van der Waals surface area contributed by atoms with Crippen LogP contribution in [-0.2, 0) is 4.74 Å². The lowest BCUT2D eigenvalue weighted by atomic mass is 10.0. The zero-order valence-electron chi connectivity index (χ0n) is 19.8. The zero-order valence-corrected chi connectivity index (χ0v) is 20.6. The fraction of sp³-hybridized carbons (Fsp3) is 0.259. The minimum absolute atomic E-state index is 0.295. The van der Waals surface area contributed by atoms with Crippen molar-refractivity contribution in [2.75, 3.05) is 30.3 Å². The van der Waals surface area contributed by atoms with Crippen LogP contribution in [0, 0.1) is 6.92 Å². The van der Waals surface area contributed by atoms with Gasteiger partial charge in [0, 0.05) is 40.9 Å². The van der Waals surface area contributed by atoms with Crippen LogP contribution in [0.15, 0.2) is 60.8 Å². The van der Waals surface area contributed by atoms with Gasteiger partial charge in [0.05, 0.1) is 23.5 Å². The normalized spacial score (nSPS) is 10.8. The predicted octanol–water partition coefficient (Wildman–Crippen LogP) is 6.13. The highest BCUT2D eigenvalue weighted by molar-refractivity contribution is 6.31. The lowest BCUT2D eigenvalue weighted by molar-refractivity contribution is 0.0525. The first-order valence-corrected chi connectivity index (χ1v) is 12.1. The van der Waals surface area contributed by atoms with Gasteiger partial charge in [-0.2, -0.15) is 0 Å². The zero-order chi connectivity index (χ0) is 24.6. The molecule has 0 saturated heterocycles. The molecule has 2 N–H and O–H groups in total. The number of ether oxygens (including phenoxy) is 1. The average molecular weight is 490 g/mol. The van der Waals surface area contributed by atoms with Gasteiger partial charge in [0.1, 0.15) is 5.56 Å². The third-order valence-corrected chi connectivity index (χ3v) is 5.76. The second-order valence-corrected chi connectivity index (χ2v) is 8.46. The lowest BCUT2D eigenvalue weighted by Gasteiger charge is -2.14. The van der Waals surface area contributed by atoms with E-state index < -0.39 is 5.97 Å². The third kappa shape index (κ3) is 6.05. The van der Waals surface area contributed by atoms with Crippen LogP contribution < -0.4 is 10.6 Å². The number of nitrogens with zero attached hydrogens (tertiary/aromatic N) is 3. The molecule has 35 heavy (non-hydrogen) atoms. The van der Waals surface area contributed by atoms with Crippen LogP contribution in [0.5, 0.6) is 0 Å². The molecule has 180 valence electrons.